The molecule has 0 spiro atoms. The van der Waals surface area contributed by atoms with E-state index in [2.05, 4.69) is 41.5 Å². The number of aromatic nitrogens is 2. The third kappa shape index (κ3) is 6.16. The minimum absolute atomic E-state index is 0.0131. The van der Waals surface area contributed by atoms with Gasteiger partial charge in [-0.3, -0.25) is 9.59 Å². The lowest BCUT2D eigenvalue weighted by Gasteiger charge is -2.18. The molecule has 0 unspecified atom stereocenters. The summed E-state index contributed by atoms with van der Waals surface area (Å²) in [5.74, 6) is 0.826. The van der Waals surface area contributed by atoms with Crippen molar-refractivity contribution in [3.05, 3.63) is 83.7 Å². The Balaban J connectivity index is 1.31. The highest BCUT2D eigenvalue weighted by molar-refractivity contribution is 5.95. The van der Waals surface area contributed by atoms with Gasteiger partial charge >= 0.3 is 5.97 Å². The van der Waals surface area contributed by atoms with E-state index in [0.29, 0.717) is 41.7 Å². The van der Waals surface area contributed by atoms with Crippen LogP contribution < -0.4 is 10.6 Å². The number of rotatable bonds is 9. The molecular formula is C33H36N4O4. The monoisotopic (exact) mass is 552 g/mol. The van der Waals surface area contributed by atoms with E-state index in [1.54, 1.807) is 18.3 Å². The lowest BCUT2D eigenvalue weighted by atomic mass is 9.93. The summed E-state index contributed by atoms with van der Waals surface area (Å²) < 4.78 is 11.0. The first kappa shape index (κ1) is 28.1. The van der Waals surface area contributed by atoms with Crippen molar-refractivity contribution in [1.82, 2.24) is 15.5 Å². The second-order valence-electron chi connectivity index (χ2n) is 11.7. The maximum Gasteiger partial charge on any atom is 0.316 e. The Bertz CT molecular complexity index is 1550. The van der Waals surface area contributed by atoms with E-state index in [1.807, 2.05) is 62.4 Å². The summed E-state index contributed by atoms with van der Waals surface area (Å²) in [5.41, 5.74) is 5.36. The summed E-state index contributed by atoms with van der Waals surface area (Å²) in [4.78, 5) is 29.5. The van der Waals surface area contributed by atoms with Crippen LogP contribution in [0.2, 0.25) is 0 Å². The number of carbonyl (C=O) groups excluding carboxylic acids is 2. The third-order valence-electron chi connectivity index (χ3n) is 7.25. The Morgan fingerprint density at radius 3 is 2.22 bits per heavy atom. The molecule has 0 radical (unpaired) electrons. The van der Waals surface area contributed by atoms with E-state index in [-0.39, 0.29) is 17.3 Å². The van der Waals surface area contributed by atoms with Gasteiger partial charge in [0, 0.05) is 23.9 Å². The number of esters is 1. The van der Waals surface area contributed by atoms with Crippen LogP contribution in [0.15, 0.2) is 71.4 Å². The Kier molecular flexibility index (Phi) is 7.67. The average molecular weight is 553 g/mol. The smallest absolute Gasteiger partial charge is 0.316 e. The van der Waals surface area contributed by atoms with Crippen molar-refractivity contribution in [2.24, 2.45) is 5.41 Å². The molecule has 1 saturated carbocycles. The molecule has 8 nitrogen and oxygen atoms in total. The molecule has 0 bridgehead atoms. The van der Waals surface area contributed by atoms with Gasteiger partial charge in [0.25, 0.3) is 5.91 Å². The van der Waals surface area contributed by atoms with Crippen molar-refractivity contribution < 1.29 is 18.8 Å². The number of amides is 1. The summed E-state index contributed by atoms with van der Waals surface area (Å²) in [7, 11) is 0. The summed E-state index contributed by atoms with van der Waals surface area (Å²) >= 11 is 0. The van der Waals surface area contributed by atoms with Gasteiger partial charge in [0.1, 0.15) is 17.2 Å². The van der Waals surface area contributed by atoms with Crippen molar-refractivity contribution in [3.63, 3.8) is 0 Å². The molecule has 2 N–H and O–H groups in total. The molecule has 0 aliphatic heterocycles. The second kappa shape index (κ2) is 11.2. The molecule has 1 aliphatic carbocycles. The van der Waals surface area contributed by atoms with Gasteiger partial charge < -0.3 is 19.9 Å². The Morgan fingerprint density at radius 2 is 1.61 bits per heavy atom. The first-order chi connectivity index (χ1) is 19.6. The van der Waals surface area contributed by atoms with Gasteiger partial charge in [0.15, 0.2) is 5.76 Å². The van der Waals surface area contributed by atoms with E-state index < -0.39 is 5.41 Å². The largest absolute Gasteiger partial charge is 0.465 e. The molecule has 41 heavy (non-hydrogen) atoms. The lowest BCUT2D eigenvalue weighted by molar-refractivity contribution is -0.146. The van der Waals surface area contributed by atoms with Gasteiger partial charge in [-0.05, 0) is 60.9 Å². The fourth-order valence-electron chi connectivity index (χ4n) is 4.73. The standard InChI is InChI=1S/C33H36N4O4/c1-6-40-31(39)33(16-17-33)26-13-11-23(12-14-26)22-7-9-24(10-8-22)29-28(21(2)37-41-29)36-27-19-25(15-18-34-27)30(38)35-20-32(3,4)5/h7-15,18-19H,6,16-17,20H2,1-5H3,(H,34,36)(H,35,38). The van der Waals surface area contributed by atoms with E-state index in [1.165, 1.54) is 0 Å². The zero-order chi connectivity index (χ0) is 29.2. The number of nitrogens with one attached hydrogen (secondary N) is 2. The van der Waals surface area contributed by atoms with E-state index >= 15 is 0 Å². The molecule has 1 aliphatic rings. The van der Waals surface area contributed by atoms with Gasteiger partial charge in [0.05, 0.1) is 12.0 Å². The number of aryl methyl sites for hydroxylation is 1. The molecule has 212 valence electrons. The lowest BCUT2D eigenvalue weighted by Crippen LogP contribution is -2.32. The number of benzene rings is 2. The number of ether oxygens (including phenoxy) is 1. The fraction of sp³-hybridized carbons (Fsp3) is 0.333. The molecule has 2 heterocycles. The summed E-state index contributed by atoms with van der Waals surface area (Å²) in [6, 6.07) is 19.6. The van der Waals surface area contributed by atoms with Gasteiger partial charge in [-0.1, -0.05) is 74.5 Å². The average Bonchev–Trinajstić information content (AvgIpc) is 3.71. The predicted octanol–water partition coefficient (Wildman–Crippen LogP) is 6.83. The summed E-state index contributed by atoms with van der Waals surface area (Å²) in [5, 5.41) is 10.4. The number of hydrogen-bond donors (Lipinski definition) is 2. The first-order valence-corrected chi connectivity index (χ1v) is 14.0. The molecule has 8 heteroatoms. The van der Waals surface area contributed by atoms with Crippen molar-refractivity contribution in [2.45, 2.75) is 52.9 Å². The molecule has 0 saturated heterocycles. The Morgan fingerprint density at radius 1 is 0.976 bits per heavy atom. The molecular weight excluding hydrogens is 516 g/mol. The van der Waals surface area contributed by atoms with Crippen LogP contribution in [0.25, 0.3) is 22.5 Å². The Labute approximate surface area is 240 Å². The normalized spacial score (nSPS) is 13.9. The Hall–Kier alpha value is -4.46. The molecule has 4 aromatic rings. The van der Waals surface area contributed by atoms with Crippen molar-refractivity contribution in [3.8, 4) is 22.5 Å². The quantitative estimate of drug-likeness (QED) is 0.219. The van der Waals surface area contributed by atoms with Crippen molar-refractivity contribution in [2.75, 3.05) is 18.5 Å². The summed E-state index contributed by atoms with van der Waals surface area (Å²) in [6.45, 7) is 10.9. The predicted molar refractivity (Wildman–Crippen MR) is 159 cm³/mol. The van der Waals surface area contributed by atoms with Crippen LogP contribution >= 0.6 is 0 Å². The van der Waals surface area contributed by atoms with Crippen LogP contribution in [0.5, 0.6) is 0 Å². The van der Waals surface area contributed by atoms with Crippen LogP contribution in [0.3, 0.4) is 0 Å². The number of hydrogen-bond acceptors (Lipinski definition) is 7. The van der Waals surface area contributed by atoms with Gasteiger partial charge in [-0.2, -0.15) is 0 Å². The van der Waals surface area contributed by atoms with E-state index in [4.69, 9.17) is 9.26 Å². The molecule has 1 amide bonds. The van der Waals surface area contributed by atoms with Crippen LogP contribution in [-0.2, 0) is 14.9 Å². The van der Waals surface area contributed by atoms with Gasteiger partial charge in [-0.25, -0.2) is 4.98 Å². The fourth-order valence-corrected chi connectivity index (χ4v) is 4.73. The first-order valence-electron chi connectivity index (χ1n) is 14.0. The number of carbonyl (C=O) groups is 2. The summed E-state index contributed by atoms with van der Waals surface area (Å²) in [6.07, 6.45) is 3.27. The van der Waals surface area contributed by atoms with Gasteiger partial charge in [-0.15, -0.1) is 0 Å². The van der Waals surface area contributed by atoms with Crippen LogP contribution in [0.4, 0.5) is 11.5 Å². The minimum atomic E-state index is -0.476. The van der Waals surface area contributed by atoms with E-state index in [9.17, 15) is 9.59 Å². The van der Waals surface area contributed by atoms with Crippen molar-refractivity contribution in [1.29, 1.82) is 0 Å². The highest BCUT2D eigenvalue weighted by Crippen LogP contribution is 2.49. The second-order valence-corrected chi connectivity index (χ2v) is 11.7. The van der Waals surface area contributed by atoms with Crippen LogP contribution in [0, 0.1) is 12.3 Å². The highest BCUT2D eigenvalue weighted by Gasteiger charge is 2.52. The molecule has 2 aromatic carbocycles. The number of pyridine rings is 1. The minimum Gasteiger partial charge on any atom is -0.465 e. The topological polar surface area (TPSA) is 106 Å². The molecule has 2 aromatic heterocycles. The molecule has 1 fully saturated rings. The zero-order valence-electron chi connectivity index (χ0n) is 24.2. The van der Waals surface area contributed by atoms with Crippen molar-refractivity contribution >= 4 is 23.4 Å². The molecule has 0 atom stereocenters. The van der Waals surface area contributed by atoms with Crippen LogP contribution in [0.1, 0.15) is 62.2 Å². The highest BCUT2D eigenvalue weighted by atomic mass is 16.5. The molecule has 5 rings (SSSR count). The zero-order valence-corrected chi connectivity index (χ0v) is 24.2. The maximum absolute atomic E-state index is 12.7. The third-order valence-corrected chi connectivity index (χ3v) is 7.25. The SMILES string of the molecule is CCOC(=O)C1(c2ccc(-c3ccc(-c4onc(C)c4Nc4cc(C(=O)NCC(C)(C)C)ccn4)cc3)cc2)CC1. The van der Waals surface area contributed by atoms with Crippen LogP contribution in [-0.4, -0.2) is 35.2 Å². The van der Waals surface area contributed by atoms with E-state index in [0.717, 1.165) is 35.1 Å². The number of anilines is 2. The number of nitrogens with zero attached hydrogens (tertiary/aromatic N) is 2. The van der Waals surface area contributed by atoms with Gasteiger partial charge in [0.2, 0.25) is 0 Å². The maximum atomic E-state index is 12.7.